The van der Waals surface area contributed by atoms with Crippen molar-refractivity contribution in [1.82, 2.24) is 4.57 Å². The summed E-state index contributed by atoms with van der Waals surface area (Å²) in [6.07, 6.45) is 0. The van der Waals surface area contributed by atoms with Gasteiger partial charge < -0.3 is 0 Å². The molecule has 2 nitrogen and oxygen atoms in total. The molecular weight excluding hydrogens is 334 g/mol. The maximum absolute atomic E-state index is 11.7. The summed E-state index contributed by atoms with van der Waals surface area (Å²) in [4.78, 5) is 11.7. The summed E-state index contributed by atoms with van der Waals surface area (Å²) in [5.74, 6) is 0.0536. The highest BCUT2D eigenvalue weighted by atomic mass is 79.9. The van der Waals surface area contributed by atoms with Crippen LogP contribution in [0.15, 0.2) is 24.3 Å². The van der Waals surface area contributed by atoms with Gasteiger partial charge in [-0.2, -0.15) is 0 Å². The van der Waals surface area contributed by atoms with Crippen molar-refractivity contribution in [1.29, 1.82) is 0 Å². The molecule has 0 N–H and O–H groups in total. The fraction of sp³-hybridized carbons (Fsp3) is 0.250. The van der Waals surface area contributed by atoms with Crippen LogP contribution >= 0.6 is 31.9 Å². The van der Waals surface area contributed by atoms with Crippen molar-refractivity contribution < 1.29 is 4.79 Å². The molecule has 0 bridgehead atoms. The Morgan fingerprint density at radius 2 is 1.94 bits per heavy atom. The van der Waals surface area contributed by atoms with E-state index in [-0.39, 0.29) is 5.91 Å². The van der Waals surface area contributed by atoms with Gasteiger partial charge in [-0.05, 0) is 11.6 Å². The van der Waals surface area contributed by atoms with E-state index < -0.39 is 0 Å². The molecule has 1 heterocycles. The lowest BCUT2D eigenvalue weighted by Crippen LogP contribution is -2.08. The fourth-order valence-electron chi connectivity index (χ4n) is 2.01. The highest BCUT2D eigenvalue weighted by Crippen LogP contribution is 2.29. The van der Waals surface area contributed by atoms with Crippen LogP contribution < -0.4 is 0 Å². The van der Waals surface area contributed by atoms with Crippen molar-refractivity contribution in [3.63, 3.8) is 0 Å². The maximum Gasteiger partial charge on any atom is 0.228 e. The number of fused-ring (bicyclic) bond motifs is 1. The average molecular weight is 345 g/mol. The average Bonchev–Trinajstić information content (AvgIpc) is 2.62. The van der Waals surface area contributed by atoms with Gasteiger partial charge in [-0.1, -0.05) is 50.1 Å². The van der Waals surface area contributed by atoms with Crippen molar-refractivity contribution in [2.75, 3.05) is 0 Å². The van der Waals surface area contributed by atoms with Crippen LogP contribution in [-0.2, 0) is 10.7 Å². The summed E-state index contributed by atoms with van der Waals surface area (Å²) in [6, 6.07) is 7.99. The molecule has 16 heavy (non-hydrogen) atoms. The third-order valence-corrected chi connectivity index (χ3v) is 3.76. The first-order valence-electron chi connectivity index (χ1n) is 4.94. The van der Waals surface area contributed by atoms with Gasteiger partial charge in [0.1, 0.15) is 0 Å². The molecule has 4 heteroatoms. The Hall–Kier alpha value is -0.610. The number of carbonyl (C=O) groups excluding carboxylic acids is 1. The van der Waals surface area contributed by atoms with Crippen molar-refractivity contribution in [2.45, 2.75) is 17.6 Å². The molecule has 0 atom stereocenters. The zero-order valence-corrected chi connectivity index (χ0v) is 12.0. The zero-order valence-electron chi connectivity index (χ0n) is 8.84. The monoisotopic (exact) mass is 343 g/mol. The van der Waals surface area contributed by atoms with Gasteiger partial charge >= 0.3 is 0 Å². The number of para-hydroxylation sites is 1. The lowest BCUT2D eigenvalue weighted by atomic mass is 10.2. The minimum atomic E-state index is 0.0536. The minimum Gasteiger partial charge on any atom is -0.283 e. The quantitative estimate of drug-likeness (QED) is 0.752. The van der Waals surface area contributed by atoms with Crippen molar-refractivity contribution >= 4 is 48.7 Å². The van der Waals surface area contributed by atoms with E-state index in [9.17, 15) is 4.79 Å². The zero-order chi connectivity index (χ0) is 11.7. The molecule has 1 aromatic heterocycles. The topological polar surface area (TPSA) is 22.0 Å². The van der Waals surface area contributed by atoms with Gasteiger partial charge in [-0.15, -0.1) is 0 Å². The van der Waals surface area contributed by atoms with Crippen LogP contribution in [0.5, 0.6) is 0 Å². The molecule has 0 radical (unpaired) electrons. The molecule has 0 amide bonds. The number of aromatic nitrogens is 1. The van der Waals surface area contributed by atoms with Crippen LogP contribution in [0.3, 0.4) is 0 Å². The van der Waals surface area contributed by atoms with E-state index in [4.69, 9.17) is 0 Å². The van der Waals surface area contributed by atoms with E-state index in [1.165, 1.54) is 5.56 Å². The first kappa shape index (κ1) is 11.9. The van der Waals surface area contributed by atoms with Crippen LogP contribution in [0.4, 0.5) is 0 Å². The number of carbonyl (C=O) groups is 1. The summed E-state index contributed by atoms with van der Waals surface area (Å²) >= 11 is 6.94. The predicted octanol–water partition coefficient (Wildman–Crippen LogP) is 4.09. The highest BCUT2D eigenvalue weighted by molar-refractivity contribution is 9.09. The summed E-state index contributed by atoms with van der Waals surface area (Å²) in [5.41, 5.74) is 3.20. The first-order valence-corrected chi connectivity index (χ1v) is 7.19. The molecule has 0 spiro atoms. The van der Waals surface area contributed by atoms with Gasteiger partial charge in [0.25, 0.3) is 0 Å². The fourth-order valence-corrected chi connectivity index (χ4v) is 3.22. The summed E-state index contributed by atoms with van der Waals surface area (Å²) in [7, 11) is 0. The molecule has 2 rings (SSSR count). The Morgan fingerprint density at radius 3 is 2.50 bits per heavy atom. The smallest absolute Gasteiger partial charge is 0.228 e. The number of rotatable bonds is 2. The molecule has 0 aliphatic rings. The van der Waals surface area contributed by atoms with Gasteiger partial charge in [0, 0.05) is 28.7 Å². The van der Waals surface area contributed by atoms with E-state index in [1.807, 2.05) is 18.2 Å². The normalized spacial score (nSPS) is 10.9. The van der Waals surface area contributed by atoms with E-state index in [2.05, 4.69) is 37.9 Å². The molecule has 84 valence electrons. The second-order valence-electron chi connectivity index (χ2n) is 3.56. The number of benzene rings is 1. The molecule has 0 saturated carbocycles. The van der Waals surface area contributed by atoms with Crippen LogP contribution in [0, 0.1) is 0 Å². The molecule has 0 aliphatic heterocycles. The molecular formula is C12H11Br2NO. The second-order valence-corrected chi connectivity index (χ2v) is 4.69. The van der Waals surface area contributed by atoms with Gasteiger partial charge in [-0.25, -0.2) is 0 Å². The Labute approximate surface area is 111 Å². The Bertz CT molecular complexity index is 545. The molecule has 0 unspecified atom stereocenters. The van der Waals surface area contributed by atoms with Crippen LogP contribution in [0.2, 0.25) is 0 Å². The van der Waals surface area contributed by atoms with Crippen LogP contribution in [-0.4, -0.2) is 10.5 Å². The Balaban J connectivity index is 2.90. The third kappa shape index (κ3) is 1.74. The minimum absolute atomic E-state index is 0.0536. The maximum atomic E-state index is 11.7. The molecule has 1 aromatic carbocycles. The molecule has 0 saturated heterocycles. The SMILES string of the molecule is CC(=O)n1c(CBr)c(CBr)c2ccccc21. The van der Waals surface area contributed by atoms with Gasteiger partial charge in [0.05, 0.1) is 5.52 Å². The molecule has 2 aromatic rings. The number of hydrogen-bond acceptors (Lipinski definition) is 1. The van der Waals surface area contributed by atoms with Crippen LogP contribution in [0.1, 0.15) is 23.0 Å². The Morgan fingerprint density at radius 1 is 1.25 bits per heavy atom. The van der Waals surface area contributed by atoms with Gasteiger partial charge in [0.2, 0.25) is 5.91 Å². The first-order chi connectivity index (χ1) is 7.70. The van der Waals surface area contributed by atoms with E-state index in [0.29, 0.717) is 5.33 Å². The van der Waals surface area contributed by atoms with E-state index in [0.717, 1.165) is 21.9 Å². The molecule has 0 fully saturated rings. The summed E-state index contributed by atoms with van der Waals surface area (Å²) in [6.45, 7) is 1.59. The van der Waals surface area contributed by atoms with Crippen LogP contribution in [0.25, 0.3) is 10.9 Å². The van der Waals surface area contributed by atoms with Gasteiger partial charge in [-0.3, -0.25) is 9.36 Å². The standard InChI is InChI=1S/C12H11Br2NO/c1-8(16)15-11-5-3-2-4-9(11)10(6-13)12(15)7-14/h2-5H,6-7H2,1H3. The summed E-state index contributed by atoms with van der Waals surface area (Å²) in [5, 5.41) is 2.58. The predicted molar refractivity (Wildman–Crippen MR) is 73.5 cm³/mol. The summed E-state index contributed by atoms with van der Waals surface area (Å²) < 4.78 is 1.78. The molecule has 0 aliphatic carbocycles. The Kier molecular flexibility index (Phi) is 3.50. The second kappa shape index (κ2) is 4.72. The van der Waals surface area contributed by atoms with Crippen molar-refractivity contribution in [3.05, 3.63) is 35.5 Å². The van der Waals surface area contributed by atoms with Crippen molar-refractivity contribution in [2.24, 2.45) is 0 Å². The number of hydrogen-bond donors (Lipinski definition) is 0. The number of halogens is 2. The lowest BCUT2D eigenvalue weighted by Gasteiger charge is -2.04. The number of nitrogens with zero attached hydrogens (tertiary/aromatic N) is 1. The van der Waals surface area contributed by atoms with Crippen molar-refractivity contribution in [3.8, 4) is 0 Å². The number of alkyl halides is 2. The van der Waals surface area contributed by atoms with E-state index >= 15 is 0 Å². The van der Waals surface area contributed by atoms with E-state index in [1.54, 1.807) is 11.5 Å². The highest BCUT2D eigenvalue weighted by Gasteiger charge is 2.16. The lowest BCUT2D eigenvalue weighted by molar-refractivity contribution is 0.0939. The van der Waals surface area contributed by atoms with Gasteiger partial charge in [0.15, 0.2) is 0 Å². The third-order valence-electron chi connectivity index (χ3n) is 2.66. The largest absolute Gasteiger partial charge is 0.283 e.